The van der Waals surface area contributed by atoms with Gasteiger partial charge in [0.05, 0.1) is 0 Å². The second-order valence-corrected chi connectivity index (χ2v) is 5.95. The molecular formula is C14H22N2O3S. The summed E-state index contributed by atoms with van der Waals surface area (Å²) in [4.78, 5) is 26.6. The number of carbonyl (C=O) groups excluding carboxylic acids is 1. The molecule has 0 radical (unpaired) electrons. The SMILES string of the molecule is CCCCCCC(C)Nc1nc(C(=O)O)c(C(C)=O)s1. The largest absolute Gasteiger partial charge is 0.476 e. The molecule has 0 aromatic carbocycles. The summed E-state index contributed by atoms with van der Waals surface area (Å²) in [6, 6.07) is 0.222. The van der Waals surface area contributed by atoms with Crippen molar-refractivity contribution in [3.05, 3.63) is 10.6 Å². The molecule has 0 saturated heterocycles. The fourth-order valence-electron chi connectivity index (χ4n) is 1.93. The van der Waals surface area contributed by atoms with E-state index in [1.165, 1.54) is 26.2 Å². The number of carboxylic acids is 1. The highest BCUT2D eigenvalue weighted by Gasteiger charge is 2.21. The Morgan fingerprint density at radius 1 is 1.35 bits per heavy atom. The molecule has 0 fully saturated rings. The van der Waals surface area contributed by atoms with Gasteiger partial charge in [-0.25, -0.2) is 9.78 Å². The smallest absolute Gasteiger partial charge is 0.356 e. The van der Waals surface area contributed by atoms with Gasteiger partial charge < -0.3 is 10.4 Å². The predicted octanol–water partition coefficient (Wildman–Crippen LogP) is 3.81. The lowest BCUT2D eigenvalue weighted by molar-refractivity contribution is 0.0687. The Kier molecular flexibility index (Phi) is 6.64. The van der Waals surface area contributed by atoms with Crippen molar-refractivity contribution in [1.29, 1.82) is 0 Å². The third-order valence-corrected chi connectivity index (χ3v) is 4.10. The summed E-state index contributed by atoms with van der Waals surface area (Å²) >= 11 is 1.12. The van der Waals surface area contributed by atoms with Gasteiger partial charge in [0.25, 0.3) is 0 Å². The van der Waals surface area contributed by atoms with Crippen molar-refractivity contribution in [1.82, 2.24) is 4.98 Å². The molecule has 1 aromatic rings. The maximum absolute atomic E-state index is 11.4. The van der Waals surface area contributed by atoms with E-state index in [9.17, 15) is 9.59 Å². The van der Waals surface area contributed by atoms with E-state index in [2.05, 4.69) is 17.2 Å². The number of aromatic carboxylic acids is 1. The highest BCUT2D eigenvalue weighted by Crippen LogP contribution is 2.25. The van der Waals surface area contributed by atoms with Crippen LogP contribution in [0.4, 0.5) is 5.13 Å². The lowest BCUT2D eigenvalue weighted by Crippen LogP contribution is -2.14. The third-order valence-electron chi connectivity index (χ3n) is 3.01. The van der Waals surface area contributed by atoms with Crippen LogP contribution in [0.25, 0.3) is 0 Å². The summed E-state index contributed by atoms with van der Waals surface area (Å²) in [6.07, 6.45) is 5.80. The van der Waals surface area contributed by atoms with E-state index in [0.29, 0.717) is 5.13 Å². The molecule has 1 rings (SSSR count). The molecule has 2 N–H and O–H groups in total. The van der Waals surface area contributed by atoms with Crippen molar-refractivity contribution < 1.29 is 14.7 Å². The summed E-state index contributed by atoms with van der Waals surface area (Å²) in [5.74, 6) is -1.42. The number of nitrogens with zero attached hydrogens (tertiary/aromatic N) is 1. The van der Waals surface area contributed by atoms with Crippen LogP contribution in [-0.2, 0) is 0 Å². The number of unbranched alkanes of at least 4 members (excludes halogenated alkanes) is 3. The number of rotatable bonds is 9. The minimum atomic E-state index is -1.16. The fraction of sp³-hybridized carbons (Fsp3) is 0.643. The Morgan fingerprint density at radius 2 is 2.05 bits per heavy atom. The molecule has 0 saturated carbocycles. The zero-order valence-corrected chi connectivity index (χ0v) is 13.0. The van der Waals surface area contributed by atoms with Gasteiger partial charge in [-0.05, 0) is 13.3 Å². The van der Waals surface area contributed by atoms with Crippen LogP contribution < -0.4 is 5.32 Å². The quantitative estimate of drug-likeness (QED) is 0.535. The number of hydrogen-bond acceptors (Lipinski definition) is 5. The first kappa shape index (κ1) is 16.6. The lowest BCUT2D eigenvalue weighted by atomic mass is 10.1. The minimum absolute atomic E-state index is 0.150. The first-order valence-corrected chi connectivity index (χ1v) is 7.79. The van der Waals surface area contributed by atoms with Crippen LogP contribution in [0.1, 0.15) is 73.0 Å². The van der Waals surface area contributed by atoms with Crippen LogP contribution >= 0.6 is 11.3 Å². The van der Waals surface area contributed by atoms with Crippen molar-refractivity contribution in [3.63, 3.8) is 0 Å². The van der Waals surface area contributed by atoms with Gasteiger partial charge in [0.2, 0.25) is 0 Å². The van der Waals surface area contributed by atoms with Gasteiger partial charge in [-0.15, -0.1) is 0 Å². The van der Waals surface area contributed by atoms with Gasteiger partial charge in [0.1, 0.15) is 4.88 Å². The van der Waals surface area contributed by atoms with Crippen molar-refractivity contribution in [2.45, 2.75) is 58.9 Å². The topological polar surface area (TPSA) is 79.3 Å². The van der Waals surface area contributed by atoms with Gasteiger partial charge in [-0.1, -0.05) is 43.9 Å². The van der Waals surface area contributed by atoms with E-state index in [1.807, 2.05) is 6.92 Å². The second kappa shape index (κ2) is 7.99. The number of Topliss-reactive ketones (excluding diaryl/α,β-unsaturated/α-hetero) is 1. The molecule has 20 heavy (non-hydrogen) atoms. The third kappa shape index (κ3) is 4.92. The summed E-state index contributed by atoms with van der Waals surface area (Å²) in [7, 11) is 0. The number of carboxylic acid groups (broad SMARTS) is 1. The molecule has 5 nitrogen and oxygen atoms in total. The summed E-state index contributed by atoms with van der Waals surface area (Å²) in [5.41, 5.74) is -0.150. The number of ketones is 1. The number of anilines is 1. The van der Waals surface area contributed by atoms with Gasteiger partial charge in [0, 0.05) is 13.0 Å². The summed E-state index contributed by atoms with van der Waals surface area (Å²) in [5, 5.41) is 12.7. The van der Waals surface area contributed by atoms with Gasteiger partial charge in [0.15, 0.2) is 16.6 Å². The van der Waals surface area contributed by atoms with Crippen LogP contribution in [0.2, 0.25) is 0 Å². The van der Waals surface area contributed by atoms with Gasteiger partial charge >= 0.3 is 5.97 Å². The molecule has 1 aromatic heterocycles. The normalized spacial score (nSPS) is 12.2. The molecule has 1 atom stereocenters. The van der Waals surface area contributed by atoms with E-state index >= 15 is 0 Å². The minimum Gasteiger partial charge on any atom is -0.476 e. The Labute approximate surface area is 123 Å². The fourth-order valence-corrected chi connectivity index (χ4v) is 2.89. The lowest BCUT2D eigenvalue weighted by Gasteiger charge is -2.12. The molecule has 1 unspecified atom stereocenters. The molecule has 0 aliphatic heterocycles. The number of thiazole rings is 1. The van der Waals surface area contributed by atoms with Crippen LogP contribution in [0.5, 0.6) is 0 Å². The zero-order chi connectivity index (χ0) is 15.1. The van der Waals surface area contributed by atoms with Crippen LogP contribution in [0.15, 0.2) is 0 Å². The van der Waals surface area contributed by atoms with E-state index < -0.39 is 5.97 Å². The molecule has 6 heteroatoms. The van der Waals surface area contributed by atoms with Gasteiger partial charge in [-0.2, -0.15) is 0 Å². The maximum atomic E-state index is 11.4. The second-order valence-electron chi connectivity index (χ2n) is 4.95. The first-order valence-electron chi connectivity index (χ1n) is 6.97. The van der Waals surface area contributed by atoms with Crippen molar-refractivity contribution in [2.24, 2.45) is 0 Å². The molecule has 112 valence electrons. The number of hydrogen-bond donors (Lipinski definition) is 2. The van der Waals surface area contributed by atoms with E-state index in [0.717, 1.165) is 24.2 Å². The Balaban J connectivity index is 2.61. The average molecular weight is 298 g/mol. The Bertz CT molecular complexity index is 439. The molecule has 1 heterocycles. The highest BCUT2D eigenvalue weighted by atomic mass is 32.1. The van der Waals surface area contributed by atoms with E-state index in [-0.39, 0.29) is 22.4 Å². The molecule has 0 aliphatic carbocycles. The highest BCUT2D eigenvalue weighted by molar-refractivity contribution is 7.17. The Morgan fingerprint density at radius 3 is 2.55 bits per heavy atom. The van der Waals surface area contributed by atoms with Crippen LogP contribution in [0, 0.1) is 0 Å². The number of aromatic nitrogens is 1. The molecule has 0 aliphatic rings. The molecule has 0 spiro atoms. The van der Waals surface area contributed by atoms with Gasteiger partial charge in [-0.3, -0.25) is 4.79 Å². The summed E-state index contributed by atoms with van der Waals surface area (Å²) < 4.78 is 0. The molecular weight excluding hydrogens is 276 g/mol. The monoisotopic (exact) mass is 298 g/mol. The summed E-state index contributed by atoms with van der Waals surface area (Å²) in [6.45, 7) is 5.58. The van der Waals surface area contributed by atoms with Crippen molar-refractivity contribution in [3.8, 4) is 0 Å². The number of nitrogens with one attached hydrogen (secondary N) is 1. The van der Waals surface area contributed by atoms with Crippen LogP contribution in [-0.4, -0.2) is 27.9 Å². The maximum Gasteiger partial charge on any atom is 0.356 e. The standard InChI is InChI=1S/C14H22N2O3S/c1-4-5-6-7-8-9(2)15-14-16-11(13(18)19)12(20-14)10(3)17/h9H,4-8H2,1-3H3,(H,15,16)(H,18,19). The molecule has 0 amide bonds. The first-order chi connectivity index (χ1) is 9.45. The molecule has 0 bridgehead atoms. The van der Waals surface area contributed by atoms with Crippen LogP contribution in [0.3, 0.4) is 0 Å². The predicted molar refractivity (Wildman–Crippen MR) is 80.9 cm³/mol. The average Bonchev–Trinajstić information content (AvgIpc) is 2.79. The van der Waals surface area contributed by atoms with E-state index in [4.69, 9.17) is 5.11 Å². The number of carbonyl (C=O) groups is 2. The van der Waals surface area contributed by atoms with E-state index in [1.54, 1.807) is 0 Å². The van der Waals surface area contributed by atoms with Crippen molar-refractivity contribution >= 4 is 28.2 Å². The van der Waals surface area contributed by atoms with Crippen molar-refractivity contribution in [2.75, 3.05) is 5.32 Å². The zero-order valence-electron chi connectivity index (χ0n) is 12.2. The Hall–Kier alpha value is -1.43.